The molecule has 0 saturated heterocycles. The van der Waals surface area contributed by atoms with E-state index in [-0.39, 0.29) is 45.0 Å². The Hall–Kier alpha value is -1.88. The number of fused-ring (bicyclic) bond motifs is 2. The van der Waals surface area contributed by atoms with E-state index in [4.69, 9.17) is 14.9 Å². The minimum atomic E-state index is -4.84. The summed E-state index contributed by atoms with van der Waals surface area (Å²) >= 11 is 0. The molecule has 3 saturated carbocycles. The van der Waals surface area contributed by atoms with Crippen LogP contribution in [-0.2, 0) is 27.2 Å². The molecule has 46 heavy (non-hydrogen) atoms. The monoisotopic (exact) mass is 678 g/mol. The second kappa shape index (κ2) is 12.2. The maximum atomic E-state index is 11.8. The Morgan fingerprint density at radius 3 is 2.24 bits per heavy atom. The van der Waals surface area contributed by atoms with E-state index in [0.717, 1.165) is 51.4 Å². The van der Waals surface area contributed by atoms with Crippen LogP contribution in [0, 0.1) is 45.3 Å². The highest BCUT2D eigenvalue weighted by Gasteiger charge is 2.57. The van der Waals surface area contributed by atoms with Crippen LogP contribution in [0.1, 0.15) is 118 Å². The summed E-state index contributed by atoms with van der Waals surface area (Å²) in [4.78, 5) is 0. The van der Waals surface area contributed by atoms with Crippen molar-refractivity contribution in [1.82, 2.24) is 0 Å². The lowest BCUT2D eigenvalue weighted by Gasteiger charge is -2.61. The Bertz CT molecular complexity index is 1590. The van der Waals surface area contributed by atoms with Crippen LogP contribution in [0.3, 0.4) is 0 Å². The van der Waals surface area contributed by atoms with Gasteiger partial charge in [-0.1, -0.05) is 71.8 Å². The summed E-state index contributed by atoms with van der Waals surface area (Å²) in [5.41, 5.74) is 3.42. The molecular formula is C36H54O8S2. The Labute approximate surface area is 277 Å². The van der Waals surface area contributed by atoms with Gasteiger partial charge in [0.2, 0.25) is 0 Å². The SMILES string of the molecule is C=C1CCC[C@@H]2[C@@]1(CC[C@@]1(C)[C@@H]3CCCC(C)(C)C3=CC[C@@H]1C)CC[C@@H](C)[C@@]2(C)Cc1cc(OS(=O)(=O)O)ccc1OS(=O)(=O)O. The lowest BCUT2D eigenvalue weighted by atomic mass is 9.43. The summed E-state index contributed by atoms with van der Waals surface area (Å²) < 4.78 is 75.3. The molecule has 2 N–H and O–H groups in total. The maximum absolute atomic E-state index is 11.8. The molecule has 0 unspecified atom stereocenters. The van der Waals surface area contributed by atoms with Crippen molar-refractivity contribution in [1.29, 1.82) is 0 Å². The van der Waals surface area contributed by atoms with Crippen LogP contribution in [-0.4, -0.2) is 25.9 Å². The molecule has 0 heterocycles. The lowest BCUT2D eigenvalue weighted by Crippen LogP contribution is -2.53. The molecule has 0 aliphatic heterocycles. The van der Waals surface area contributed by atoms with E-state index < -0.39 is 20.8 Å². The molecule has 258 valence electrons. The van der Waals surface area contributed by atoms with Crippen LogP contribution in [0.2, 0.25) is 0 Å². The first kappa shape index (κ1) is 35.4. The zero-order valence-corrected chi connectivity index (χ0v) is 30.1. The first-order chi connectivity index (χ1) is 21.2. The molecule has 0 radical (unpaired) electrons. The second-order valence-electron chi connectivity index (χ2n) is 16.2. The van der Waals surface area contributed by atoms with Gasteiger partial charge in [0, 0.05) is 5.56 Å². The Morgan fingerprint density at radius 2 is 1.57 bits per heavy atom. The van der Waals surface area contributed by atoms with E-state index in [2.05, 4.69) is 47.6 Å². The van der Waals surface area contributed by atoms with Gasteiger partial charge in [0.1, 0.15) is 11.5 Å². The predicted molar refractivity (Wildman–Crippen MR) is 180 cm³/mol. The molecule has 8 nitrogen and oxygen atoms in total. The van der Waals surface area contributed by atoms with E-state index in [1.165, 1.54) is 43.0 Å². The fourth-order valence-corrected chi connectivity index (χ4v) is 11.2. The molecule has 4 aliphatic carbocycles. The van der Waals surface area contributed by atoms with Gasteiger partial charge in [-0.25, -0.2) is 0 Å². The zero-order chi connectivity index (χ0) is 33.9. The quantitative estimate of drug-likeness (QED) is 0.196. The van der Waals surface area contributed by atoms with Gasteiger partial charge in [0.05, 0.1) is 0 Å². The molecule has 4 aliphatic rings. The first-order valence-electron chi connectivity index (χ1n) is 17.1. The number of rotatable bonds is 9. The highest BCUT2D eigenvalue weighted by Crippen LogP contribution is 2.66. The van der Waals surface area contributed by atoms with Crippen LogP contribution in [0.5, 0.6) is 11.5 Å². The largest absolute Gasteiger partial charge is 0.446 e. The normalized spacial score (nSPS) is 36.3. The highest BCUT2D eigenvalue weighted by atomic mass is 32.3. The van der Waals surface area contributed by atoms with Crippen LogP contribution in [0.15, 0.2) is 42.0 Å². The van der Waals surface area contributed by atoms with Gasteiger partial charge in [-0.3, -0.25) is 9.11 Å². The van der Waals surface area contributed by atoms with Gasteiger partial charge >= 0.3 is 20.8 Å². The van der Waals surface area contributed by atoms with Gasteiger partial charge in [-0.15, -0.1) is 0 Å². The molecule has 3 fully saturated rings. The van der Waals surface area contributed by atoms with E-state index in [1.807, 2.05) is 0 Å². The third-order valence-corrected chi connectivity index (χ3v) is 14.3. The smallest absolute Gasteiger partial charge is 0.362 e. The van der Waals surface area contributed by atoms with E-state index >= 15 is 0 Å². The summed E-state index contributed by atoms with van der Waals surface area (Å²) in [6, 6.07) is 3.84. The molecule has 5 rings (SSSR count). The van der Waals surface area contributed by atoms with Crippen LogP contribution in [0.4, 0.5) is 0 Å². The standard InChI is InChI=1S/C36H54O8S2/c1-24-13-15-29-30(11-9-18-33(29,4)5)34(24,6)20-21-36-19-17-25(2)35(7,32(36)12-8-10-26(36)3)23-27-22-28(43-45(37,38)39)14-16-31(27)44-46(40,41)42/h14-16,22,24-25,30,32H,3,8-13,17-21,23H2,1-2,4-7H3,(H,37,38,39)(H,40,41,42)/t24-,25+,30+,32-,34+,35+,36+/m0/s1. The number of benzene rings is 1. The van der Waals surface area contributed by atoms with Crippen LogP contribution >= 0.6 is 0 Å². The van der Waals surface area contributed by atoms with Crippen molar-refractivity contribution in [2.24, 2.45) is 45.3 Å². The zero-order valence-electron chi connectivity index (χ0n) is 28.5. The Kier molecular flexibility index (Phi) is 9.41. The molecule has 1 aromatic rings. The van der Waals surface area contributed by atoms with Gasteiger partial charge in [-0.05, 0) is 134 Å². The average Bonchev–Trinajstić information content (AvgIpc) is 2.93. The topological polar surface area (TPSA) is 127 Å². The van der Waals surface area contributed by atoms with Crippen molar-refractivity contribution in [3.63, 3.8) is 0 Å². The number of hydrogen-bond donors (Lipinski definition) is 2. The Morgan fingerprint density at radius 1 is 0.870 bits per heavy atom. The number of hydrogen-bond acceptors (Lipinski definition) is 6. The third kappa shape index (κ3) is 6.70. The van der Waals surface area contributed by atoms with Crippen LogP contribution in [0.25, 0.3) is 0 Å². The van der Waals surface area contributed by atoms with E-state index in [1.54, 1.807) is 5.57 Å². The van der Waals surface area contributed by atoms with Gasteiger partial charge in [0.15, 0.2) is 0 Å². The minimum absolute atomic E-state index is 0.0691. The molecule has 7 atom stereocenters. The maximum Gasteiger partial charge on any atom is 0.446 e. The summed E-state index contributed by atoms with van der Waals surface area (Å²) in [6.07, 6.45) is 15.1. The molecule has 10 heteroatoms. The van der Waals surface area contributed by atoms with Gasteiger partial charge in [0.25, 0.3) is 0 Å². The minimum Gasteiger partial charge on any atom is -0.362 e. The van der Waals surface area contributed by atoms with Crippen molar-refractivity contribution < 1.29 is 34.3 Å². The second-order valence-corrected chi connectivity index (χ2v) is 18.3. The summed E-state index contributed by atoms with van der Waals surface area (Å²) in [5, 5.41) is 0. The molecule has 0 spiro atoms. The molecule has 0 aromatic heterocycles. The summed E-state index contributed by atoms with van der Waals surface area (Å²) in [5.74, 6) is 1.44. The fourth-order valence-electron chi connectivity index (χ4n) is 10.4. The predicted octanol–water partition coefficient (Wildman–Crippen LogP) is 8.95. The molecular weight excluding hydrogens is 625 g/mol. The van der Waals surface area contributed by atoms with Crippen molar-refractivity contribution in [3.8, 4) is 11.5 Å². The average molecular weight is 679 g/mol. The molecule has 0 amide bonds. The van der Waals surface area contributed by atoms with E-state index in [9.17, 15) is 25.9 Å². The van der Waals surface area contributed by atoms with Gasteiger partial charge < -0.3 is 8.37 Å². The van der Waals surface area contributed by atoms with Crippen molar-refractivity contribution in [2.75, 3.05) is 0 Å². The van der Waals surface area contributed by atoms with E-state index in [0.29, 0.717) is 23.8 Å². The van der Waals surface area contributed by atoms with Crippen molar-refractivity contribution >= 4 is 20.8 Å². The van der Waals surface area contributed by atoms with Gasteiger partial charge in [-0.2, -0.15) is 16.8 Å². The summed E-state index contributed by atoms with van der Waals surface area (Å²) in [6.45, 7) is 19.1. The Balaban J connectivity index is 1.51. The summed E-state index contributed by atoms with van der Waals surface area (Å²) in [7, 11) is -9.65. The molecule has 1 aromatic carbocycles. The molecule has 0 bridgehead atoms. The number of allylic oxidation sites excluding steroid dienone is 3. The van der Waals surface area contributed by atoms with Crippen molar-refractivity contribution in [2.45, 2.75) is 119 Å². The lowest BCUT2D eigenvalue weighted by molar-refractivity contribution is -0.0731. The highest BCUT2D eigenvalue weighted by molar-refractivity contribution is 7.81. The fraction of sp³-hybridized carbons (Fsp3) is 0.722. The third-order valence-electron chi connectivity index (χ3n) is 13.5. The van der Waals surface area contributed by atoms with Crippen molar-refractivity contribution in [3.05, 3.63) is 47.6 Å². The van der Waals surface area contributed by atoms with Crippen LogP contribution < -0.4 is 8.37 Å². The first-order valence-corrected chi connectivity index (χ1v) is 19.8.